The molecule has 2 N–H and O–H groups in total. The first-order valence-electron chi connectivity index (χ1n) is 6.84. The van der Waals surface area contributed by atoms with E-state index in [4.69, 9.17) is 0 Å². The maximum Gasteiger partial charge on any atom is 0.115 e. The second kappa shape index (κ2) is 6.91. The van der Waals surface area contributed by atoms with Crippen molar-refractivity contribution in [2.75, 3.05) is 0 Å². The van der Waals surface area contributed by atoms with Crippen molar-refractivity contribution < 1.29 is 5.11 Å². The summed E-state index contributed by atoms with van der Waals surface area (Å²) in [5.74, 6) is 0.317. The van der Waals surface area contributed by atoms with Gasteiger partial charge in [0, 0.05) is 16.6 Å². The van der Waals surface area contributed by atoms with Crippen LogP contribution in [0.1, 0.15) is 31.0 Å². The van der Waals surface area contributed by atoms with Gasteiger partial charge in [0.25, 0.3) is 0 Å². The number of hydrogen-bond acceptors (Lipinski definition) is 2. The van der Waals surface area contributed by atoms with E-state index < -0.39 is 0 Å². The fourth-order valence-electron chi connectivity index (χ4n) is 2.32. The Morgan fingerprint density at radius 1 is 1.00 bits per heavy atom. The van der Waals surface area contributed by atoms with Crippen LogP contribution in [-0.4, -0.2) is 11.1 Å². The largest absolute Gasteiger partial charge is 0.508 e. The van der Waals surface area contributed by atoms with Crippen molar-refractivity contribution >= 4 is 15.9 Å². The van der Waals surface area contributed by atoms with Gasteiger partial charge in [-0.3, -0.25) is 0 Å². The Kier molecular flexibility index (Phi) is 5.21. The van der Waals surface area contributed by atoms with Gasteiger partial charge < -0.3 is 10.4 Å². The van der Waals surface area contributed by atoms with Crippen LogP contribution in [0, 0.1) is 0 Å². The van der Waals surface area contributed by atoms with Gasteiger partial charge in [-0.1, -0.05) is 40.2 Å². The second-order valence-electron chi connectivity index (χ2n) is 5.21. The third kappa shape index (κ3) is 4.36. The van der Waals surface area contributed by atoms with Crippen LogP contribution in [0.3, 0.4) is 0 Å². The van der Waals surface area contributed by atoms with E-state index in [1.807, 2.05) is 12.1 Å². The zero-order valence-electron chi connectivity index (χ0n) is 11.8. The van der Waals surface area contributed by atoms with E-state index in [9.17, 15) is 5.11 Å². The maximum atomic E-state index is 9.29. The molecule has 3 heteroatoms. The molecule has 0 aliphatic rings. The van der Waals surface area contributed by atoms with Gasteiger partial charge >= 0.3 is 0 Å². The van der Waals surface area contributed by atoms with Crippen molar-refractivity contribution in [1.82, 2.24) is 5.32 Å². The van der Waals surface area contributed by atoms with E-state index in [1.54, 1.807) is 12.1 Å². The summed E-state index contributed by atoms with van der Waals surface area (Å²) in [6.07, 6.45) is 0.946. The molecule has 0 aliphatic carbocycles. The molecular formula is C17H20BrNO. The monoisotopic (exact) mass is 333 g/mol. The van der Waals surface area contributed by atoms with Crippen LogP contribution in [0.15, 0.2) is 53.0 Å². The third-order valence-corrected chi connectivity index (χ3v) is 3.91. The summed E-state index contributed by atoms with van der Waals surface area (Å²) in [5, 5.41) is 12.9. The molecule has 20 heavy (non-hydrogen) atoms. The molecule has 0 fully saturated rings. The number of phenolic OH excluding ortho intramolecular Hbond substituents is 1. The van der Waals surface area contributed by atoms with Crippen molar-refractivity contribution in [2.45, 2.75) is 32.4 Å². The lowest BCUT2D eigenvalue weighted by Gasteiger charge is -2.20. The normalized spacial score (nSPS) is 13.9. The molecule has 2 unspecified atom stereocenters. The molecule has 0 saturated carbocycles. The number of nitrogens with one attached hydrogen (secondary N) is 1. The summed E-state index contributed by atoms with van der Waals surface area (Å²) >= 11 is 3.45. The summed E-state index contributed by atoms with van der Waals surface area (Å²) in [6, 6.07) is 16.5. The summed E-state index contributed by atoms with van der Waals surface area (Å²) in [4.78, 5) is 0. The van der Waals surface area contributed by atoms with E-state index in [1.165, 1.54) is 11.1 Å². The number of rotatable bonds is 5. The van der Waals surface area contributed by atoms with E-state index in [0.717, 1.165) is 10.9 Å². The molecule has 2 atom stereocenters. The van der Waals surface area contributed by atoms with Crippen LogP contribution in [0.4, 0.5) is 0 Å². The van der Waals surface area contributed by atoms with Gasteiger partial charge in [-0.2, -0.15) is 0 Å². The van der Waals surface area contributed by atoms with Crippen molar-refractivity contribution in [3.8, 4) is 5.75 Å². The Morgan fingerprint density at radius 2 is 1.60 bits per heavy atom. The van der Waals surface area contributed by atoms with Crippen molar-refractivity contribution in [1.29, 1.82) is 0 Å². The van der Waals surface area contributed by atoms with Crippen LogP contribution in [0.25, 0.3) is 0 Å². The number of phenols is 1. The summed E-state index contributed by atoms with van der Waals surface area (Å²) in [6.45, 7) is 4.36. The van der Waals surface area contributed by atoms with E-state index in [-0.39, 0.29) is 0 Å². The van der Waals surface area contributed by atoms with E-state index in [0.29, 0.717) is 17.8 Å². The predicted octanol–water partition coefficient (Wildman–Crippen LogP) is 4.44. The lowest BCUT2D eigenvalue weighted by atomic mass is 10.0. The maximum absolute atomic E-state index is 9.29. The van der Waals surface area contributed by atoms with Crippen LogP contribution in [0.5, 0.6) is 5.75 Å². The number of hydrogen-bond donors (Lipinski definition) is 2. The Morgan fingerprint density at radius 3 is 2.20 bits per heavy atom. The van der Waals surface area contributed by atoms with Gasteiger partial charge in [-0.15, -0.1) is 0 Å². The quantitative estimate of drug-likeness (QED) is 0.847. The molecule has 0 aliphatic heterocycles. The predicted molar refractivity (Wildman–Crippen MR) is 87.0 cm³/mol. The fraction of sp³-hybridized carbons (Fsp3) is 0.294. The minimum absolute atomic E-state index is 0.315. The van der Waals surface area contributed by atoms with Crippen LogP contribution in [-0.2, 0) is 6.42 Å². The van der Waals surface area contributed by atoms with Crippen molar-refractivity contribution in [3.63, 3.8) is 0 Å². The minimum atomic E-state index is 0.315. The van der Waals surface area contributed by atoms with Crippen LogP contribution in [0.2, 0.25) is 0 Å². The first-order chi connectivity index (χ1) is 9.54. The highest BCUT2D eigenvalue weighted by atomic mass is 79.9. The highest BCUT2D eigenvalue weighted by molar-refractivity contribution is 9.10. The summed E-state index contributed by atoms with van der Waals surface area (Å²) < 4.78 is 1.10. The zero-order chi connectivity index (χ0) is 14.5. The molecule has 0 radical (unpaired) electrons. The summed E-state index contributed by atoms with van der Waals surface area (Å²) in [7, 11) is 0. The molecule has 0 spiro atoms. The standard InChI is InChI=1S/C17H20BrNO/c1-12(11-14-3-9-17(20)10-4-14)19-13(2)15-5-7-16(18)8-6-15/h3-10,12-13,19-20H,11H2,1-2H3. The van der Waals surface area contributed by atoms with Crippen LogP contribution < -0.4 is 5.32 Å². The molecule has 2 aromatic rings. The average molecular weight is 334 g/mol. The Balaban J connectivity index is 1.92. The Bertz CT molecular complexity index is 536. The van der Waals surface area contributed by atoms with E-state index >= 15 is 0 Å². The zero-order valence-corrected chi connectivity index (χ0v) is 13.4. The Labute approximate surface area is 129 Å². The van der Waals surface area contributed by atoms with Gasteiger partial charge in [0.1, 0.15) is 5.75 Å². The van der Waals surface area contributed by atoms with Crippen molar-refractivity contribution in [2.24, 2.45) is 0 Å². The van der Waals surface area contributed by atoms with Crippen LogP contribution >= 0.6 is 15.9 Å². The molecular weight excluding hydrogens is 314 g/mol. The van der Waals surface area contributed by atoms with Gasteiger partial charge in [-0.05, 0) is 55.7 Å². The summed E-state index contributed by atoms with van der Waals surface area (Å²) in [5.41, 5.74) is 2.51. The molecule has 106 valence electrons. The first kappa shape index (κ1) is 15.1. The number of halogens is 1. The smallest absolute Gasteiger partial charge is 0.115 e. The Hall–Kier alpha value is -1.32. The number of aromatic hydroxyl groups is 1. The molecule has 2 nitrogen and oxygen atoms in total. The van der Waals surface area contributed by atoms with Crippen molar-refractivity contribution in [3.05, 3.63) is 64.1 Å². The second-order valence-corrected chi connectivity index (χ2v) is 6.13. The molecule has 2 aromatic carbocycles. The average Bonchev–Trinajstić information content (AvgIpc) is 2.42. The topological polar surface area (TPSA) is 32.3 Å². The number of benzene rings is 2. The molecule has 0 heterocycles. The molecule has 0 aromatic heterocycles. The molecule has 0 saturated heterocycles. The molecule has 0 bridgehead atoms. The van der Waals surface area contributed by atoms with E-state index in [2.05, 4.69) is 59.4 Å². The lowest BCUT2D eigenvalue weighted by Crippen LogP contribution is -2.30. The molecule has 0 amide bonds. The third-order valence-electron chi connectivity index (χ3n) is 3.38. The van der Waals surface area contributed by atoms with Gasteiger partial charge in [0.2, 0.25) is 0 Å². The fourth-order valence-corrected chi connectivity index (χ4v) is 2.58. The highest BCUT2D eigenvalue weighted by Gasteiger charge is 2.10. The first-order valence-corrected chi connectivity index (χ1v) is 7.63. The molecule has 2 rings (SSSR count). The van der Waals surface area contributed by atoms with Gasteiger partial charge in [0.05, 0.1) is 0 Å². The minimum Gasteiger partial charge on any atom is -0.508 e. The highest BCUT2D eigenvalue weighted by Crippen LogP contribution is 2.18. The SMILES string of the molecule is CC(Cc1ccc(O)cc1)NC(C)c1ccc(Br)cc1. The van der Waals surface area contributed by atoms with Gasteiger partial charge in [-0.25, -0.2) is 0 Å². The lowest BCUT2D eigenvalue weighted by molar-refractivity contribution is 0.470. The van der Waals surface area contributed by atoms with Gasteiger partial charge in [0.15, 0.2) is 0 Å².